The first-order chi connectivity index (χ1) is 11.6. The second-order valence-corrected chi connectivity index (χ2v) is 7.63. The molecule has 2 atom stereocenters. The van der Waals surface area contributed by atoms with Crippen molar-refractivity contribution in [3.8, 4) is 0 Å². The van der Waals surface area contributed by atoms with Gasteiger partial charge in [0.15, 0.2) is 5.82 Å². The van der Waals surface area contributed by atoms with Gasteiger partial charge in [0.25, 0.3) is 0 Å². The van der Waals surface area contributed by atoms with Crippen LogP contribution in [0.5, 0.6) is 0 Å². The first kappa shape index (κ1) is 15.6. The van der Waals surface area contributed by atoms with Crippen molar-refractivity contribution in [2.75, 3.05) is 6.54 Å². The second-order valence-electron chi connectivity index (χ2n) is 6.74. The zero-order chi connectivity index (χ0) is 16.7. The van der Waals surface area contributed by atoms with Gasteiger partial charge in [-0.15, -0.1) is 21.5 Å². The van der Waals surface area contributed by atoms with E-state index in [2.05, 4.69) is 25.9 Å². The van der Waals surface area contributed by atoms with E-state index >= 15 is 0 Å². The van der Waals surface area contributed by atoms with Crippen LogP contribution in [0.2, 0.25) is 0 Å². The molecule has 8 heteroatoms. The van der Waals surface area contributed by atoms with Crippen molar-refractivity contribution in [3.05, 3.63) is 28.2 Å². The zero-order valence-electron chi connectivity index (χ0n) is 14.0. The maximum Gasteiger partial charge on any atom is 0.318 e. The first-order valence-corrected chi connectivity index (χ1v) is 9.34. The van der Waals surface area contributed by atoms with Gasteiger partial charge in [-0.05, 0) is 38.5 Å². The van der Waals surface area contributed by atoms with E-state index in [1.807, 2.05) is 23.4 Å². The van der Waals surface area contributed by atoms with Crippen molar-refractivity contribution >= 4 is 17.4 Å². The van der Waals surface area contributed by atoms with Gasteiger partial charge in [0, 0.05) is 24.7 Å². The van der Waals surface area contributed by atoms with E-state index in [9.17, 15) is 4.79 Å². The average Bonchev–Trinajstić information content (AvgIpc) is 2.95. The van der Waals surface area contributed by atoms with Gasteiger partial charge in [-0.3, -0.25) is 0 Å². The lowest BCUT2D eigenvalue weighted by Gasteiger charge is -2.26. The van der Waals surface area contributed by atoms with Crippen LogP contribution >= 0.6 is 11.3 Å². The standard InChI is InChI=1S/C16H22N6OS/c1-10-8-24-15(18-10)13(11-5-6-11)19-16(23)22-7-3-4-12(22)14-20-17-9-21(14)2/h8-9,11-13H,3-7H2,1-2H3,(H,19,23). The molecule has 4 rings (SSSR count). The van der Waals surface area contributed by atoms with Crippen LogP contribution in [0.4, 0.5) is 4.79 Å². The number of hydrogen-bond donors (Lipinski definition) is 1. The van der Waals surface area contributed by atoms with E-state index in [1.54, 1.807) is 17.7 Å². The minimum atomic E-state index is -0.00902. The molecule has 1 aliphatic carbocycles. The van der Waals surface area contributed by atoms with Gasteiger partial charge in [-0.2, -0.15) is 0 Å². The minimum absolute atomic E-state index is 0.00902. The van der Waals surface area contributed by atoms with Crippen LogP contribution in [-0.2, 0) is 7.05 Å². The Morgan fingerprint density at radius 2 is 2.25 bits per heavy atom. The molecular formula is C16H22N6OS. The summed E-state index contributed by atoms with van der Waals surface area (Å²) in [6, 6.07) is 0.0394. The molecule has 2 fully saturated rings. The van der Waals surface area contributed by atoms with Crippen molar-refractivity contribution < 1.29 is 4.79 Å². The number of carbonyl (C=O) groups excluding carboxylic acids is 1. The number of nitrogens with one attached hydrogen (secondary N) is 1. The lowest BCUT2D eigenvalue weighted by atomic mass is 10.2. The number of rotatable bonds is 4. The molecule has 1 saturated heterocycles. The van der Waals surface area contributed by atoms with E-state index in [0.29, 0.717) is 5.92 Å². The highest BCUT2D eigenvalue weighted by molar-refractivity contribution is 7.09. The molecule has 1 N–H and O–H groups in total. The van der Waals surface area contributed by atoms with Gasteiger partial charge in [-0.1, -0.05) is 0 Å². The molecule has 2 aliphatic rings. The summed E-state index contributed by atoms with van der Waals surface area (Å²) in [5, 5.41) is 14.5. The SMILES string of the molecule is Cc1csc(C(NC(=O)N2CCCC2c2nncn2C)C2CC2)n1. The number of thiazole rings is 1. The molecule has 0 spiro atoms. The molecule has 1 saturated carbocycles. The second kappa shape index (κ2) is 6.16. The maximum atomic E-state index is 12.9. The van der Waals surface area contributed by atoms with Crippen LogP contribution in [-0.4, -0.2) is 37.2 Å². The molecule has 128 valence electrons. The Bertz CT molecular complexity index is 737. The number of aromatic nitrogens is 4. The molecule has 0 radical (unpaired) electrons. The summed E-state index contributed by atoms with van der Waals surface area (Å²) in [4.78, 5) is 19.4. The van der Waals surface area contributed by atoms with Crippen molar-refractivity contribution in [1.82, 2.24) is 30.0 Å². The average molecular weight is 346 g/mol. The van der Waals surface area contributed by atoms with E-state index < -0.39 is 0 Å². The third kappa shape index (κ3) is 2.90. The number of hydrogen-bond acceptors (Lipinski definition) is 5. The Morgan fingerprint density at radius 1 is 1.42 bits per heavy atom. The van der Waals surface area contributed by atoms with Gasteiger partial charge < -0.3 is 14.8 Å². The number of aryl methyl sites for hydroxylation is 2. The highest BCUT2D eigenvalue weighted by atomic mass is 32.1. The topological polar surface area (TPSA) is 75.9 Å². The van der Waals surface area contributed by atoms with Crippen molar-refractivity contribution in [2.24, 2.45) is 13.0 Å². The Kier molecular flexibility index (Phi) is 3.99. The van der Waals surface area contributed by atoms with Crippen LogP contribution in [0.3, 0.4) is 0 Å². The van der Waals surface area contributed by atoms with Crippen LogP contribution in [0, 0.1) is 12.8 Å². The summed E-state index contributed by atoms with van der Waals surface area (Å²) >= 11 is 1.64. The summed E-state index contributed by atoms with van der Waals surface area (Å²) < 4.78 is 1.90. The number of nitrogens with zero attached hydrogens (tertiary/aromatic N) is 5. The quantitative estimate of drug-likeness (QED) is 0.923. The molecule has 3 heterocycles. The Balaban J connectivity index is 1.51. The van der Waals surface area contributed by atoms with E-state index in [0.717, 1.165) is 48.8 Å². The highest BCUT2D eigenvalue weighted by Gasteiger charge is 2.39. The van der Waals surface area contributed by atoms with E-state index in [-0.39, 0.29) is 18.1 Å². The Hall–Kier alpha value is -1.96. The number of amides is 2. The van der Waals surface area contributed by atoms with Crippen molar-refractivity contribution in [1.29, 1.82) is 0 Å². The fourth-order valence-electron chi connectivity index (χ4n) is 3.41. The molecule has 2 aromatic heterocycles. The molecular weight excluding hydrogens is 324 g/mol. The summed E-state index contributed by atoms with van der Waals surface area (Å²) in [6.07, 6.45) is 5.95. The van der Waals surface area contributed by atoms with Crippen LogP contribution in [0.1, 0.15) is 54.3 Å². The van der Waals surface area contributed by atoms with Crippen LogP contribution in [0.25, 0.3) is 0 Å². The normalized spacial score (nSPS) is 21.9. The monoisotopic (exact) mass is 346 g/mol. The van der Waals surface area contributed by atoms with Crippen LogP contribution < -0.4 is 5.32 Å². The van der Waals surface area contributed by atoms with Crippen LogP contribution in [0.15, 0.2) is 11.7 Å². The summed E-state index contributed by atoms with van der Waals surface area (Å²) in [6.45, 7) is 2.76. The van der Waals surface area contributed by atoms with Gasteiger partial charge in [0.05, 0.1) is 12.1 Å². The third-order valence-electron chi connectivity index (χ3n) is 4.83. The number of likely N-dealkylation sites (tertiary alicyclic amines) is 1. The molecule has 2 aromatic rings. The molecule has 2 unspecified atom stereocenters. The predicted octanol–water partition coefficient (Wildman–Crippen LogP) is 2.58. The zero-order valence-corrected chi connectivity index (χ0v) is 14.8. The maximum absolute atomic E-state index is 12.9. The number of urea groups is 1. The summed E-state index contributed by atoms with van der Waals surface area (Å²) in [5.41, 5.74) is 1.02. The highest BCUT2D eigenvalue weighted by Crippen LogP contribution is 2.42. The molecule has 0 bridgehead atoms. The van der Waals surface area contributed by atoms with E-state index in [1.165, 1.54) is 0 Å². The summed E-state index contributed by atoms with van der Waals surface area (Å²) in [5.74, 6) is 1.38. The Labute approximate surface area is 145 Å². The van der Waals surface area contributed by atoms with Crippen molar-refractivity contribution in [2.45, 2.75) is 44.7 Å². The fourth-order valence-corrected chi connectivity index (χ4v) is 4.35. The predicted molar refractivity (Wildman–Crippen MR) is 90.5 cm³/mol. The Morgan fingerprint density at radius 3 is 2.88 bits per heavy atom. The van der Waals surface area contributed by atoms with Gasteiger partial charge in [-0.25, -0.2) is 9.78 Å². The largest absolute Gasteiger partial charge is 0.328 e. The lowest BCUT2D eigenvalue weighted by molar-refractivity contribution is 0.184. The smallest absolute Gasteiger partial charge is 0.318 e. The van der Waals surface area contributed by atoms with Gasteiger partial charge in [0.1, 0.15) is 11.3 Å². The number of carbonyl (C=O) groups is 1. The first-order valence-electron chi connectivity index (χ1n) is 8.46. The lowest BCUT2D eigenvalue weighted by Crippen LogP contribution is -2.42. The molecule has 1 aliphatic heterocycles. The fraction of sp³-hybridized carbons (Fsp3) is 0.625. The van der Waals surface area contributed by atoms with Gasteiger partial charge in [0.2, 0.25) is 0 Å². The van der Waals surface area contributed by atoms with E-state index in [4.69, 9.17) is 0 Å². The molecule has 24 heavy (non-hydrogen) atoms. The molecule has 0 aromatic carbocycles. The third-order valence-corrected chi connectivity index (χ3v) is 5.88. The molecule has 7 nitrogen and oxygen atoms in total. The van der Waals surface area contributed by atoms with Crippen molar-refractivity contribution in [3.63, 3.8) is 0 Å². The summed E-state index contributed by atoms with van der Waals surface area (Å²) in [7, 11) is 1.93. The van der Waals surface area contributed by atoms with Gasteiger partial charge >= 0.3 is 6.03 Å². The minimum Gasteiger partial charge on any atom is -0.328 e. The molecule has 2 amide bonds.